The summed E-state index contributed by atoms with van der Waals surface area (Å²) in [5.74, 6) is 0. The highest BCUT2D eigenvalue weighted by Gasteiger charge is 2.32. The van der Waals surface area contributed by atoms with Gasteiger partial charge in [0, 0.05) is 0 Å². The van der Waals surface area contributed by atoms with E-state index in [1.165, 1.54) is 51.4 Å². The lowest BCUT2D eigenvalue weighted by atomic mass is 9.82. The molecule has 0 rings (SSSR count). The molecule has 1 nitrogen and oxygen atoms in total. The Bertz CT molecular complexity index is 218. The maximum absolute atomic E-state index is 6.67. The minimum absolute atomic E-state index is 0.238. The third-order valence-electron chi connectivity index (χ3n) is 4.40. The van der Waals surface area contributed by atoms with E-state index in [-0.39, 0.29) is 10.8 Å². The monoisotopic (exact) mass is 298 g/mol. The third kappa shape index (κ3) is 9.55. The summed E-state index contributed by atoms with van der Waals surface area (Å²) in [5, 5.41) is 0. The summed E-state index contributed by atoms with van der Waals surface area (Å²) in [7, 11) is 0. The van der Waals surface area contributed by atoms with Crippen molar-refractivity contribution in [2.45, 2.75) is 119 Å². The van der Waals surface area contributed by atoms with E-state index < -0.39 is 0 Å². The van der Waals surface area contributed by atoms with Crippen molar-refractivity contribution < 1.29 is 4.74 Å². The summed E-state index contributed by atoms with van der Waals surface area (Å²) in [6.07, 6.45) is 11.0. The van der Waals surface area contributed by atoms with Gasteiger partial charge < -0.3 is 4.74 Å². The standard InChI is InChI=1S/C20H42O/c1-9-11-13-15-17(19(3,4)5)21-18(20(6,7)8)16-14-12-10-2/h17-18H,9-16H2,1-8H3. The summed E-state index contributed by atoms with van der Waals surface area (Å²) in [6, 6.07) is 0. The smallest absolute Gasteiger partial charge is 0.0627 e. The molecular weight excluding hydrogens is 256 g/mol. The van der Waals surface area contributed by atoms with Crippen LogP contribution in [0.25, 0.3) is 0 Å². The van der Waals surface area contributed by atoms with Gasteiger partial charge in [-0.2, -0.15) is 0 Å². The van der Waals surface area contributed by atoms with Crippen molar-refractivity contribution in [2.75, 3.05) is 0 Å². The van der Waals surface area contributed by atoms with Gasteiger partial charge in [0.25, 0.3) is 0 Å². The SMILES string of the molecule is CCCCCC(OC(CCCCC)C(C)(C)C)C(C)(C)C. The van der Waals surface area contributed by atoms with E-state index in [4.69, 9.17) is 4.74 Å². The fourth-order valence-electron chi connectivity index (χ4n) is 2.77. The first-order valence-electron chi connectivity index (χ1n) is 9.28. The molecule has 1 heteroatoms. The minimum Gasteiger partial charge on any atom is -0.374 e. The zero-order valence-corrected chi connectivity index (χ0v) is 16.2. The largest absolute Gasteiger partial charge is 0.374 e. The van der Waals surface area contributed by atoms with Gasteiger partial charge in [-0.05, 0) is 23.7 Å². The summed E-state index contributed by atoms with van der Waals surface area (Å²) in [5.41, 5.74) is 0.476. The molecule has 2 atom stereocenters. The van der Waals surface area contributed by atoms with Crippen LogP contribution in [0, 0.1) is 10.8 Å². The zero-order chi connectivity index (χ0) is 16.5. The van der Waals surface area contributed by atoms with Gasteiger partial charge in [-0.1, -0.05) is 93.9 Å². The summed E-state index contributed by atoms with van der Waals surface area (Å²) < 4.78 is 6.67. The molecule has 0 saturated carbocycles. The number of hydrogen-bond donors (Lipinski definition) is 0. The molecule has 0 fully saturated rings. The number of ether oxygens (including phenoxy) is 1. The van der Waals surface area contributed by atoms with Crippen LogP contribution in [0.1, 0.15) is 107 Å². The molecule has 128 valence electrons. The summed E-state index contributed by atoms with van der Waals surface area (Å²) in [4.78, 5) is 0. The molecular formula is C20H42O. The number of unbranched alkanes of at least 4 members (excludes halogenated alkanes) is 4. The summed E-state index contributed by atoms with van der Waals surface area (Å²) >= 11 is 0. The Morgan fingerprint density at radius 1 is 0.619 bits per heavy atom. The maximum atomic E-state index is 6.67. The lowest BCUT2D eigenvalue weighted by molar-refractivity contribution is -0.113. The molecule has 21 heavy (non-hydrogen) atoms. The first-order valence-corrected chi connectivity index (χ1v) is 9.28. The molecule has 0 radical (unpaired) electrons. The fourth-order valence-corrected chi connectivity index (χ4v) is 2.77. The van der Waals surface area contributed by atoms with Crippen molar-refractivity contribution in [3.05, 3.63) is 0 Å². The molecule has 0 aromatic carbocycles. The molecule has 0 aromatic heterocycles. The van der Waals surface area contributed by atoms with Gasteiger partial charge in [-0.15, -0.1) is 0 Å². The highest BCUT2D eigenvalue weighted by atomic mass is 16.5. The Morgan fingerprint density at radius 2 is 0.952 bits per heavy atom. The Labute approximate surface area is 135 Å². The molecule has 0 aliphatic rings. The van der Waals surface area contributed by atoms with E-state index in [1.807, 2.05) is 0 Å². The van der Waals surface area contributed by atoms with Crippen LogP contribution in [0.15, 0.2) is 0 Å². The van der Waals surface area contributed by atoms with Crippen molar-refractivity contribution in [3.8, 4) is 0 Å². The number of hydrogen-bond acceptors (Lipinski definition) is 1. The summed E-state index contributed by atoms with van der Waals surface area (Å²) in [6.45, 7) is 18.5. The van der Waals surface area contributed by atoms with E-state index in [1.54, 1.807) is 0 Å². The van der Waals surface area contributed by atoms with Crippen LogP contribution in [0.4, 0.5) is 0 Å². The van der Waals surface area contributed by atoms with Crippen molar-refractivity contribution in [3.63, 3.8) is 0 Å². The second-order valence-electron chi connectivity index (χ2n) is 8.84. The molecule has 0 aliphatic carbocycles. The lowest BCUT2D eigenvalue weighted by Gasteiger charge is -2.39. The molecule has 0 N–H and O–H groups in total. The zero-order valence-electron chi connectivity index (χ0n) is 16.2. The first-order chi connectivity index (χ1) is 9.62. The number of rotatable bonds is 10. The van der Waals surface area contributed by atoms with Gasteiger partial charge >= 0.3 is 0 Å². The van der Waals surface area contributed by atoms with Crippen molar-refractivity contribution in [2.24, 2.45) is 10.8 Å². The molecule has 0 heterocycles. The molecule has 0 saturated heterocycles. The van der Waals surface area contributed by atoms with Crippen molar-refractivity contribution >= 4 is 0 Å². The first kappa shape index (κ1) is 21.0. The van der Waals surface area contributed by atoms with Crippen LogP contribution in [0.3, 0.4) is 0 Å². The average molecular weight is 299 g/mol. The van der Waals surface area contributed by atoms with E-state index in [9.17, 15) is 0 Å². The van der Waals surface area contributed by atoms with Crippen LogP contribution in [0.2, 0.25) is 0 Å². The quantitative estimate of drug-likeness (QED) is 0.395. The van der Waals surface area contributed by atoms with Crippen LogP contribution in [0.5, 0.6) is 0 Å². The Hall–Kier alpha value is -0.0400. The van der Waals surface area contributed by atoms with E-state index in [2.05, 4.69) is 55.4 Å². The highest BCUT2D eigenvalue weighted by Crippen LogP contribution is 2.34. The van der Waals surface area contributed by atoms with E-state index >= 15 is 0 Å². The lowest BCUT2D eigenvalue weighted by Crippen LogP contribution is -2.39. The minimum atomic E-state index is 0.238. The molecule has 0 bridgehead atoms. The van der Waals surface area contributed by atoms with Crippen LogP contribution in [-0.4, -0.2) is 12.2 Å². The highest BCUT2D eigenvalue weighted by molar-refractivity contribution is 4.81. The van der Waals surface area contributed by atoms with E-state index in [0.29, 0.717) is 12.2 Å². The Kier molecular flexibility index (Phi) is 9.85. The van der Waals surface area contributed by atoms with E-state index in [0.717, 1.165) is 0 Å². The molecule has 0 aliphatic heterocycles. The fraction of sp³-hybridized carbons (Fsp3) is 1.00. The maximum Gasteiger partial charge on any atom is 0.0627 e. The predicted molar refractivity (Wildman–Crippen MR) is 95.9 cm³/mol. The average Bonchev–Trinajstić information content (AvgIpc) is 2.33. The second-order valence-corrected chi connectivity index (χ2v) is 8.84. The predicted octanol–water partition coefficient (Wildman–Crippen LogP) is 6.99. The Balaban J connectivity index is 4.70. The van der Waals surface area contributed by atoms with Gasteiger partial charge in [0.2, 0.25) is 0 Å². The van der Waals surface area contributed by atoms with Crippen LogP contribution in [-0.2, 0) is 4.74 Å². The van der Waals surface area contributed by atoms with Gasteiger partial charge in [-0.25, -0.2) is 0 Å². The van der Waals surface area contributed by atoms with Gasteiger partial charge in [0.05, 0.1) is 12.2 Å². The second kappa shape index (κ2) is 9.87. The Morgan fingerprint density at radius 3 is 1.19 bits per heavy atom. The third-order valence-corrected chi connectivity index (χ3v) is 4.40. The van der Waals surface area contributed by atoms with Gasteiger partial charge in [0.1, 0.15) is 0 Å². The molecule has 2 unspecified atom stereocenters. The normalized spacial score (nSPS) is 16.0. The molecule has 0 aromatic rings. The van der Waals surface area contributed by atoms with Crippen molar-refractivity contribution in [1.29, 1.82) is 0 Å². The van der Waals surface area contributed by atoms with Gasteiger partial charge in [0.15, 0.2) is 0 Å². The van der Waals surface area contributed by atoms with Crippen LogP contribution >= 0.6 is 0 Å². The molecule has 0 spiro atoms. The van der Waals surface area contributed by atoms with Gasteiger partial charge in [-0.3, -0.25) is 0 Å². The topological polar surface area (TPSA) is 9.23 Å². The van der Waals surface area contributed by atoms with Crippen LogP contribution < -0.4 is 0 Å². The molecule has 0 amide bonds. The van der Waals surface area contributed by atoms with Crippen molar-refractivity contribution in [1.82, 2.24) is 0 Å².